The Kier molecular flexibility index (Phi) is 7.80. The second-order valence-corrected chi connectivity index (χ2v) is 8.57. The van der Waals surface area contributed by atoms with Gasteiger partial charge in [0.2, 0.25) is 0 Å². The summed E-state index contributed by atoms with van der Waals surface area (Å²) in [6.45, 7) is 6.02. The first-order valence-corrected chi connectivity index (χ1v) is 11.5. The summed E-state index contributed by atoms with van der Waals surface area (Å²) in [6, 6.07) is 5.19. The molecule has 1 aliphatic rings. The molecule has 8 nitrogen and oxygen atoms in total. The van der Waals surface area contributed by atoms with Gasteiger partial charge in [0.1, 0.15) is 15.9 Å². The van der Waals surface area contributed by atoms with Gasteiger partial charge in [-0.1, -0.05) is 24.8 Å². The topological polar surface area (TPSA) is 111 Å². The lowest BCUT2D eigenvalue weighted by Gasteiger charge is -2.12. The van der Waals surface area contributed by atoms with Crippen LogP contribution in [0.25, 0.3) is 6.08 Å². The van der Waals surface area contributed by atoms with Crippen molar-refractivity contribution in [2.45, 2.75) is 33.1 Å². The summed E-state index contributed by atoms with van der Waals surface area (Å²) in [5, 5.41) is 18.1. The first-order chi connectivity index (χ1) is 15.0. The van der Waals surface area contributed by atoms with E-state index in [1.165, 1.54) is 11.3 Å². The maximum absolute atomic E-state index is 12.9. The van der Waals surface area contributed by atoms with Crippen LogP contribution in [0.4, 0.5) is 0 Å². The summed E-state index contributed by atoms with van der Waals surface area (Å²) in [4.78, 5) is 25.0. The minimum absolute atomic E-state index is 0.158. The SMILES string of the molecule is CCOC(=O)COc1ccc(/C=C2\SC(=N)[C@@H](c3nnc(CC)s3)C2=O)cc1OCC. The average Bonchev–Trinajstić information content (AvgIpc) is 3.32. The maximum atomic E-state index is 12.9. The molecule has 1 aromatic carbocycles. The molecule has 0 saturated carbocycles. The third-order valence-electron chi connectivity index (χ3n) is 4.24. The van der Waals surface area contributed by atoms with Gasteiger partial charge in [0.15, 0.2) is 23.9 Å². The Morgan fingerprint density at radius 2 is 1.97 bits per heavy atom. The van der Waals surface area contributed by atoms with Crippen molar-refractivity contribution in [3.05, 3.63) is 38.7 Å². The number of carbonyl (C=O) groups excluding carboxylic acids is 2. The standard InChI is InChI=1S/C21H23N3O5S2/c1-4-16-23-24-21(31-16)18-19(26)15(30-20(18)22)10-12-7-8-13(14(9-12)27-5-2)29-11-17(25)28-6-3/h7-10,18,22H,4-6,11H2,1-3H3/b15-10-,22-20?/t18-/m0/s1. The quantitative estimate of drug-likeness (QED) is 0.443. The van der Waals surface area contributed by atoms with Crippen molar-refractivity contribution < 1.29 is 23.8 Å². The number of nitrogens with zero attached hydrogens (tertiary/aromatic N) is 2. The molecular formula is C21H23N3O5S2. The van der Waals surface area contributed by atoms with Crippen LogP contribution in [-0.2, 0) is 20.7 Å². The lowest BCUT2D eigenvalue weighted by atomic mass is 10.1. The number of aromatic nitrogens is 2. The minimum Gasteiger partial charge on any atom is -0.490 e. The number of ketones is 1. The highest BCUT2D eigenvalue weighted by atomic mass is 32.2. The lowest BCUT2D eigenvalue weighted by molar-refractivity contribution is -0.145. The fourth-order valence-electron chi connectivity index (χ4n) is 2.83. The van der Waals surface area contributed by atoms with Gasteiger partial charge in [0.05, 0.1) is 23.2 Å². The van der Waals surface area contributed by atoms with E-state index < -0.39 is 11.9 Å². The number of ether oxygens (including phenoxy) is 3. The Morgan fingerprint density at radius 3 is 2.65 bits per heavy atom. The number of hydrogen-bond donors (Lipinski definition) is 1. The van der Waals surface area contributed by atoms with Gasteiger partial charge < -0.3 is 14.2 Å². The van der Waals surface area contributed by atoms with Crippen LogP contribution in [-0.4, -0.2) is 46.8 Å². The fraction of sp³-hybridized carbons (Fsp3) is 0.381. The number of benzene rings is 1. The molecule has 0 aliphatic carbocycles. The highest BCUT2D eigenvalue weighted by Gasteiger charge is 2.39. The summed E-state index contributed by atoms with van der Waals surface area (Å²) in [7, 11) is 0. The lowest BCUT2D eigenvalue weighted by Crippen LogP contribution is -2.15. The first kappa shape index (κ1) is 23.0. The number of Topliss-reactive ketones (excluding diaryl/α,β-unsaturated/α-hetero) is 1. The molecule has 0 bridgehead atoms. The van der Waals surface area contributed by atoms with Gasteiger partial charge in [-0.15, -0.1) is 21.5 Å². The molecular weight excluding hydrogens is 438 g/mol. The van der Waals surface area contributed by atoms with Crippen LogP contribution in [0.5, 0.6) is 11.5 Å². The van der Waals surface area contributed by atoms with Crippen LogP contribution < -0.4 is 9.47 Å². The molecule has 0 radical (unpaired) electrons. The van der Waals surface area contributed by atoms with Gasteiger partial charge in [-0.2, -0.15) is 0 Å². The summed E-state index contributed by atoms with van der Waals surface area (Å²) in [5.74, 6) is -0.437. The highest BCUT2D eigenvalue weighted by Crippen LogP contribution is 2.42. The molecule has 1 aliphatic heterocycles. The van der Waals surface area contributed by atoms with Gasteiger partial charge >= 0.3 is 5.97 Å². The molecule has 10 heteroatoms. The van der Waals surface area contributed by atoms with Crippen molar-refractivity contribution in [3.63, 3.8) is 0 Å². The number of rotatable bonds is 9. The largest absolute Gasteiger partial charge is 0.490 e. The van der Waals surface area contributed by atoms with E-state index in [2.05, 4.69) is 10.2 Å². The molecule has 1 aromatic heterocycles. The number of nitrogens with one attached hydrogen (secondary N) is 1. The third kappa shape index (κ3) is 5.50. The summed E-state index contributed by atoms with van der Waals surface area (Å²) in [6.07, 6.45) is 2.47. The van der Waals surface area contributed by atoms with E-state index in [-0.39, 0.29) is 24.0 Å². The number of aryl methyl sites for hydroxylation is 1. The summed E-state index contributed by atoms with van der Waals surface area (Å²) in [5.41, 5.74) is 0.725. The summed E-state index contributed by atoms with van der Waals surface area (Å²) < 4.78 is 16.0. The van der Waals surface area contributed by atoms with Crippen molar-refractivity contribution in [1.29, 1.82) is 5.41 Å². The Morgan fingerprint density at radius 1 is 1.16 bits per heavy atom. The second kappa shape index (κ2) is 10.5. The van der Waals surface area contributed by atoms with Crippen LogP contribution in [0, 0.1) is 5.41 Å². The van der Waals surface area contributed by atoms with E-state index in [1.54, 1.807) is 31.2 Å². The van der Waals surface area contributed by atoms with Gasteiger partial charge in [-0.05, 0) is 44.0 Å². The predicted molar refractivity (Wildman–Crippen MR) is 120 cm³/mol. The minimum atomic E-state index is -0.687. The summed E-state index contributed by atoms with van der Waals surface area (Å²) >= 11 is 2.50. The predicted octanol–water partition coefficient (Wildman–Crippen LogP) is 3.86. The Balaban J connectivity index is 1.80. The maximum Gasteiger partial charge on any atom is 0.344 e. The van der Waals surface area contributed by atoms with E-state index in [0.717, 1.165) is 28.8 Å². The van der Waals surface area contributed by atoms with Crippen LogP contribution >= 0.6 is 23.1 Å². The third-order valence-corrected chi connectivity index (χ3v) is 6.36. The Labute approximate surface area is 188 Å². The van der Waals surface area contributed by atoms with Crippen LogP contribution in [0.1, 0.15) is 42.3 Å². The van der Waals surface area contributed by atoms with Gasteiger partial charge in [-0.25, -0.2) is 4.79 Å². The molecule has 31 heavy (non-hydrogen) atoms. The molecule has 3 rings (SSSR count). The monoisotopic (exact) mass is 461 g/mol. The zero-order chi connectivity index (χ0) is 22.4. The molecule has 0 unspecified atom stereocenters. The molecule has 1 atom stereocenters. The van der Waals surface area contributed by atoms with E-state index in [1.807, 2.05) is 13.8 Å². The molecule has 1 N–H and O–H groups in total. The molecule has 0 spiro atoms. The number of allylic oxidation sites excluding steroid dienone is 1. The fourth-order valence-corrected chi connectivity index (χ4v) is 4.79. The molecule has 0 amide bonds. The molecule has 1 saturated heterocycles. The van der Waals surface area contributed by atoms with Crippen molar-refractivity contribution in [3.8, 4) is 11.5 Å². The smallest absolute Gasteiger partial charge is 0.344 e. The number of hydrogen-bond acceptors (Lipinski definition) is 10. The molecule has 2 aromatic rings. The second-order valence-electron chi connectivity index (χ2n) is 6.39. The van der Waals surface area contributed by atoms with E-state index >= 15 is 0 Å². The Bertz CT molecular complexity index is 1020. The van der Waals surface area contributed by atoms with Crippen molar-refractivity contribution in [2.75, 3.05) is 19.8 Å². The average molecular weight is 462 g/mol. The van der Waals surface area contributed by atoms with Gasteiger partial charge in [-0.3, -0.25) is 10.2 Å². The van der Waals surface area contributed by atoms with Gasteiger partial charge in [0.25, 0.3) is 0 Å². The van der Waals surface area contributed by atoms with E-state index in [4.69, 9.17) is 19.6 Å². The Hall–Kier alpha value is -2.72. The van der Waals surface area contributed by atoms with Crippen LogP contribution in [0.15, 0.2) is 23.1 Å². The van der Waals surface area contributed by atoms with E-state index in [0.29, 0.717) is 28.0 Å². The number of carbonyl (C=O) groups is 2. The van der Waals surface area contributed by atoms with Crippen molar-refractivity contribution in [1.82, 2.24) is 10.2 Å². The number of thioether (sulfide) groups is 1. The number of esters is 1. The van der Waals surface area contributed by atoms with Crippen molar-refractivity contribution >= 4 is 46.0 Å². The zero-order valence-corrected chi connectivity index (χ0v) is 19.1. The molecule has 164 valence electrons. The molecule has 2 heterocycles. The van der Waals surface area contributed by atoms with Crippen LogP contribution in [0.3, 0.4) is 0 Å². The zero-order valence-electron chi connectivity index (χ0n) is 17.5. The first-order valence-electron chi connectivity index (χ1n) is 9.86. The van der Waals surface area contributed by atoms with Crippen molar-refractivity contribution in [2.24, 2.45) is 0 Å². The normalized spacial score (nSPS) is 17.3. The molecule has 1 fully saturated rings. The highest BCUT2D eigenvalue weighted by molar-refractivity contribution is 8.19. The van der Waals surface area contributed by atoms with Crippen LogP contribution in [0.2, 0.25) is 0 Å². The van der Waals surface area contributed by atoms with Gasteiger partial charge in [0, 0.05) is 0 Å². The van der Waals surface area contributed by atoms with E-state index in [9.17, 15) is 9.59 Å².